The molecule has 0 fully saturated rings. The number of aliphatic hydroxyl groups is 1. The third-order valence-electron chi connectivity index (χ3n) is 4.28. The lowest BCUT2D eigenvalue weighted by molar-refractivity contribution is 0.0714. The van der Waals surface area contributed by atoms with E-state index in [2.05, 4.69) is 15.3 Å². The van der Waals surface area contributed by atoms with Gasteiger partial charge in [0.05, 0.1) is 26.3 Å². The van der Waals surface area contributed by atoms with Crippen molar-refractivity contribution in [1.82, 2.24) is 9.97 Å². The van der Waals surface area contributed by atoms with Crippen molar-refractivity contribution in [2.24, 2.45) is 0 Å². The number of nitrogens with zero attached hydrogens (tertiary/aromatic N) is 2. The fourth-order valence-electron chi connectivity index (χ4n) is 2.80. The van der Waals surface area contributed by atoms with Gasteiger partial charge in [-0.15, -0.1) is 0 Å². The Kier molecular flexibility index (Phi) is 5.25. The minimum Gasteiger partial charge on any atom is -0.493 e. The van der Waals surface area contributed by atoms with Crippen LogP contribution in [0.4, 0.5) is 11.8 Å². The molecule has 1 aromatic heterocycles. The monoisotopic (exact) mass is 388 g/mol. The van der Waals surface area contributed by atoms with Gasteiger partial charge in [-0.25, -0.2) is 4.98 Å². The van der Waals surface area contributed by atoms with Gasteiger partial charge in [0.2, 0.25) is 5.95 Å². The summed E-state index contributed by atoms with van der Waals surface area (Å²) in [6.45, 7) is 1.81. The van der Waals surface area contributed by atoms with E-state index >= 15 is 0 Å². The van der Waals surface area contributed by atoms with Crippen molar-refractivity contribution in [1.29, 1.82) is 0 Å². The third-order valence-corrected chi connectivity index (χ3v) is 4.60. The van der Waals surface area contributed by atoms with Crippen LogP contribution in [-0.4, -0.2) is 35.8 Å². The van der Waals surface area contributed by atoms with Crippen LogP contribution in [0, 0.1) is 0 Å². The summed E-state index contributed by atoms with van der Waals surface area (Å²) >= 11 is 6.19. The topological polar surface area (TPSA) is 103 Å². The Morgan fingerprint density at radius 3 is 2.48 bits per heavy atom. The van der Waals surface area contributed by atoms with Crippen LogP contribution < -0.4 is 20.5 Å². The Bertz CT molecular complexity index is 979. The first-order valence-corrected chi connectivity index (χ1v) is 8.64. The number of halogens is 1. The lowest BCUT2D eigenvalue weighted by Crippen LogP contribution is -2.31. The van der Waals surface area contributed by atoms with Gasteiger partial charge in [0.1, 0.15) is 11.4 Å². The van der Waals surface area contributed by atoms with Crippen molar-refractivity contribution in [2.45, 2.75) is 12.5 Å². The molecule has 0 aliphatic rings. The fourth-order valence-corrected chi connectivity index (χ4v) is 3.14. The quantitative estimate of drug-likeness (QED) is 0.595. The molecule has 0 amide bonds. The molecule has 2 aromatic carbocycles. The molecular weight excluding hydrogens is 368 g/mol. The van der Waals surface area contributed by atoms with E-state index in [1.165, 1.54) is 0 Å². The number of methoxy groups -OCH3 is 2. The van der Waals surface area contributed by atoms with E-state index in [0.29, 0.717) is 44.8 Å². The Balaban J connectivity index is 1.90. The van der Waals surface area contributed by atoms with Crippen LogP contribution in [0.3, 0.4) is 0 Å². The predicted molar refractivity (Wildman–Crippen MR) is 107 cm³/mol. The number of hydrogen-bond acceptors (Lipinski definition) is 7. The number of rotatable bonds is 6. The maximum Gasteiger partial charge on any atom is 0.225 e. The molecule has 0 saturated heterocycles. The average Bonchev–Trinajstić information content (AvgIpc) is 2.65. The normalized spacial score (nSPS) is 13.2. The van der Waals surface area contributed by atoms with Crippen molar-refractivity contribution in [3.8, 4) is 11.5 Å². The second-order valence-electron chi connectivity index (χ2n) is 6.26. The number of hydrogen-bond donors (Lipinski definition) is 3. The summed E-state index contributed by atoms with van der Waals surface area (Å²) in [5.41, 5.74) is 6.06. The van der Waals surface area contributed by atoms with Gasteiger partial charge in [-0.2, -0.15) is 4.98 Å². The molecule has 8 heteroatoms. The number of aromatic nitrogens is 2. The van der Waals surface area contributed by atoms with Gasteiger partial charge in [0, 0.05) is 22.0 Å². The smallest absolute Gasteiger partial charge is 0.225 e. The van der Waals surface area contributed by atoms with Crippen molar-refractivity contribution >= 4 is 34.3 Å². The molecule has 142 valence electrons. The number of nitrogens with one attached hydrogen (secondary N) is 1. The van der Waals surface area contributed by atoms with Gasteiger partial charge in [-0.3, -0.25) is 0 Å². The van der Waals surface area contributed by atoms with Crippen LogP contribution in [0.25, 0.3) is 10.9 Å². The van der Waals surface area contributed by atoms with Crippen LogP contribution >= 0.6 is 11.6 Å². The van der Waals surface area contributed by atoms with E-state index in [1.54, 1.807) is 45.4 Å². The predicted octanol–water partition coefficient (Wildman–Crippen LogP) is 3.20. The Hall–Kier alpha value is -2.77. The van der Waals surface area contributed by atoms with Crippen LogP contribution in [0.5, 0.6) is 11.5 Å². The molecule has 7 nitrogen and oxygen atoms in total. The second-order valence-corrected chi connectivity index (χ2v) is 6.67. The fraction of sp³-hybridized carbons (Fsp3) is 0.263. The molecule has 0 spiro atoms. The molecule has 0 aliphatic heterocycles. The summed E-state index contributed by atoms with van der Waals surface area (Å²) in [5, 5.41) is 15.0. The van der Waals surface area contributed by atoms with Crippen molar-refractivity contribution in [2.75, 3.05) is 31.8 Å². The highest BCUT2D eigenvalue weighted by Crippen LogP contribution is 2.34. The van der Waals surface area contributed by atoms with Crippen LogP contribution in [-0.2, 0) is 5.60 Å². The Morgan fingerprint density at radius 1 is 1.15 bits per heavy atom. The molecule has 0 aliphatic carbocycles. The van der Waals surface area contributed by atoms with E-state index in [4.69, 9.17) is 26.8 Å². The summed E-state index contributed by atoms with van der Waals surface area (Å²) < 4.78 is 10.6. The highest BCUT2D eigenvalue weighted by Gasteiger charge is 2.26. The largest absolute Gasteiger partial charge is 0.493 e. The molecule has 3 aromatic rings. The lowest BCUT2D eigenvalue weighted by atomic mass is 9.96. The maximum absolute atomic E-state index is 10.8. The zero-order valence-corrected chi connectivity index (χ0v) is 16.0. The van der Waals surface area contributed by atoms with Crippen molar-refractivity contribution in [3.63, 3.8) is 0 Å². The van der Waals surface area contributed by atoms with E-state index in [-0.39, 0.29) is 6.54 Å². The molecule has 0 radical (unpaired) electrons. The molecule has 4 N–H and O–H groups in total. The molecule has 3 rings (SSSR count). The van der Waals surface area contributed by atoms with E-state index in [9.17, 15) is 5.11 Å². The highest BCUT2D eigenvalue weighted by molar-refractivity contribution is 6.31. The summed E-state index contributed by atoms with van der Waals surface area (Å²) in [7, 11) is 3.10. The number of ether oxygens (including phenoxy) is 2. The third kappa shape index (κ3) is 3.84. The van der Waals surface area contributed by atoms with Crippen molar-refractivity contribution in [3.05, 3.63) is 47.0 Å². The number of fused-ring (bicyclic) bond motifs is 1. The summed E-state index contributed by atoms with van der Waals surface area (Å²) in [6, 6.07) is 10.6. The van der Waals surface area contributed by atoms with E-state index in [1.807, 2.05) is 12.1 Å². The Labute approximate surface area is 162 Å². The number of benzene rings is 2. The maximum atomic E-state index is 10.8. The van der Waals surface area contributed by atoms with Gasteiger partial charge in [-0.05, 0) is 19.1 Å². The second kappa shape index (κ2) is 7.46. The van der Waals surface area contributed by atoms with Crippen LogP contribution in [0.2, 0.25) is 5.02 Å². The molecule has 1 atom stereocenters. The molecule has 1 unspecified atom stereocenters. The van der Waals surface area contributed by atoms with E-state index < -0.39 is 5.60 Å². The standard InChI is InChI=1S/C19H21ClN4O3/c1-19(25,12-6-4-5-7-13(12)20)10-22-18-23-14-9-16(27-3)15(26-2)8-11(14)17(21)24-18/h4-9,25H,10H2,1-3H3,(H3,21,22,23,24). The van der Waals surface area contributed by atoms with Gasteiger partial charge >= 0.3 is 0 Å². The van der Waals surface area contributed by atoms with Crippen LogP contribution in [0.1, 0.15) is 12.5 Å². The molecule has 0 saturated carbocycles. The van der Waals surface area contributed by atoms with Gasteiger partial charge in [0.15, 0.2) is 11.5 Å². The zero-order chi connectivity index (χ0) is 19.6. The highest BCUT2D eigenvalue weighted by atomic mass is 35.5. The van der Waals surface area contributed by atoms with Gasteiger partial charge < -0.3 is 25.6 Å². The minimum absolute atomic E-state index is 0.148. The summed E-state index contributed by atoms with van der Waals surface area (Å²) in [5.74, 6) is 1.67. The first-order chi connectivity index (χ1) is 12.9. The molecular formula is C19H21ClN4O3. The summed E-state index contributed by atoms with van der Waals surface area (Å²) in [4.78, 5) is 8.72. The summed E-state index contributed by atoms with van der Waals surface area (Å²) in [6.07, 6.45) is 0. The van der Waals surface area contributed by atoms with Crippen molar-refractivity contribution < 1.29 is 14.6 Å². The molecule has 27 heavy (non-hydrogen) atoms. The minimum atomic E-state index is -1.22. The SMILES string of the molecule is COc1cc2nc(NCC(C)(O)c3ccccc3Cl)nc(N)c2cc1OC. The van der Waals surface area contributed by atoms with E-state index in [0.717, 1.165) is 0 Å². The first-order valence-electron chi connectivity index (χ1n) is 8.26. The first kappa shape index (κ1) is 19.0. The number of anilines is 2. The lowest BCUT2D eigenvalue weighted by Gasteiger charge is -2.25. The molecule has 1 heterocycles. The molecule has 0 bridgehead atoms. The zero-order valence-electron chi connectivity index (χ0n) is 15.3. The van der Waals surface area contributed by atoms with Gasteiger partial charge in [-0.1, -0.05) is 29.8 Å². The number of nitrogens with two attached hydrogens (primary N) is 1. The Morgan fingerprint density at radius 2 is 1.81 bits per heavy atom. The number of nitrogen functional groups attached to an aromatic ring is 1. The average molecular weight is 389 g/mol. The van der Waals surface area contributed by atoms with Gasteiger partial charge in [0.25, 0.3) is 0 Å². The van der Waals surface area contributed by atoms with Crippen LogP contribution in [0.15, 0.2) is 36.4 Å².